The third kappa shape index (κ3) is 10.1. The van der Waals surface area contributed by atoms with Crippen LogP contribution in [0, 0.1) is 0 Å². The van der Waals surface area contributed by atoms with Crippen LogP contribution in [0.5, 0.6) is 0 Å². The first-order valence-electron chi connectivity index (χ1n) is 7.51. The van der Waals surface area contributed by atoms with Gasteiger partial charge in [-0.25, -0.2) is 13.1 Å². The predicted molar refractivity (Wildman–Crippen MR) is 109 cm³/mol. The molecule has 0 amide bonds. The van der Waals surface area contributed by atoms with Crippen molar-refractivity contribution in [3.8, 4) is 0 Å². The van der Waals surface area contributed by atoms with Crippen LogP contribution in [0.1, 0.15) is 17.9 Å². The quantitative estimate of drug-likeness (QED) is 0.182. The van der Waals surface area contributed by atoms with Gasteiger partial charge in [-0.05, 0) is 12.0 Å². The summed E-state index contributed by atoms with van der Waals surface area (Å²) in [4.78, 5) is 4.11. The first-order valence-corrected chi connectivity index (χ1v) is 9.40. The van der Waals surface area contributed by atoms with Gasteiger partial charge in [0.1, 0.15) is 0 Å². The number of nitrogens with zero attached hydrogens (tertiary/aromatic N) is 1. The minimum Gasteiger partial charge on any atom is -0.396 e. The van der Waals surface area contributed by atoms with Crippen LogP contribution in [0.25, 0.3) is 0 Å². The third-order valence-corrected chi connectivity index (χ3v) is 3.97. The van der Waals surface area contributed by atoms with E-state index in [2.05, 4.69) is 20.3 Å². The van der Waals surface area contributed by atoms with Crippen LogP contribution >= 0.6 is 24.0 Å². The van der Waals surface area contributed by atoms with Gasteiger partial charge in [-0.1, -0.05) is 30.3 Å². The number of rotatable bonds is 9. The Morgan fingerprint density at radius 2 is 1.88 bits per heavy atom. The summed E-state index contributed by atoms with van der Waals surface area (Å²) >= 11 is 0. The molecule has 4 N–H and O–H groups in total. The standard InChI is InChI=1S/C15H26N4O3S.HI/c1-16-15(17-9-6-10-19-23(2,21)22)18-11-14(12-20)13-7-4-3-5-8-13;/h3-5,7-8,14,19-20H,6,9-12H2,1-2H3,(H2,16,17,18);1H. The van der Waals surface area contributed by atoms with Crippen molar-refractivity contribution >= 4 is 40.0 Å². The van der Waals surface area contributed by atoms with Crippen LogP contribution in [0.15, 0.2) is 35.3 Å². The normalized spacial score (nSPS) is 13.0. The zero-order valence-electron chi connectivity index (χ0n) is 14.0. The van der Waals surface area contributed by atoms with Crippen LogP contribution in [0.3, 0.4) is 0 Å². The van der Waals surface area contributed by atoms with Crippen LogP contribution in [0.2, 0.25) is 0 Å². The van der Waals surface area contributed by atoms with Crippen LogP contribution < -0.4 is 15.4 Å². The Kier molecular flexibility index (Phi) is 12.0. The van der Waals surface area contributed by atoms with Gasteiger partial charge in [-0.2, -0.15) is 0 Å². The molecule has 7 nitrogen and oxygen atoms in total. The number of aliphatic imine (C=N–C) groups is 1. The molecular formula is C15H27IN4O3S. The Bertz CT molecular complexity index is 582. The van der Waals surface area contributed by atoms with E-state index in [-0.39, 0.29) is 36.5 Å². The minimum absolute atomic E-state index is 0. The number of nitrogens with one attached hydrogen (secondary N) is 3. The van der Waals surface area contributed by atoms with Crippen molar-refractivity contribution in [1.29, 1.82) is 0 Å². The molecule has 0 aliphatic rings. The molecule has 24 heavy (non-hydrogen) atoms. The molecule has 0 spiro atoms. The van der Waals surface area contributed by atoms with Gasteiger partial charge in [0.05, 0.1) is 12.9 Å². The number of aliphatic hydroxyl groups is 1. The number of halogens is 1. The summed E-state index contributed by atoms with van der Waals surface area (Å²) < 4.78 is 24.3. The molecule has 0 radical (unpaired) electrons. The van der Waals surface area contributed by atoms with E-state index in [1.807, 2.05) is 30.3 Å². The fourth-order valence-corrected chi connectivity index (χ4v) is 2.52. The highest BCUT2D eigenvalue weighted by Crippen LogP contribution is 2.13. The molecule has 1 atom stereocenters. The van der Waals surface area contributed by atoms with E-state index in [4.69, 9.17) is 0 Å². The number of hydrogen-bond donors (Lipinski definition) is 4. The maximum atomic E-state index is 10.9. The SMILES string of the molecule is CN=C(NCCCNS(C)(=O)=O)NCC(CO)c1ccccc1.I. The van der Waals surface area contributed by atoms with Crippen molar-refractivity contribution in [3.05, 3.63) is 35.9 Å². The molecule has 0 saturated heterocycles. The average molecular weight is 470 g/mol. The summed E-state index contributed by atoms with van der Waals surface area (Å²) in [5.41, 5.74) is 1.07. The lowest BCUT2D eigenvalue weighted by atomic mass is 10.0. The van der Waals surface area contributed by atoms with Crippen molar-refractivity contribution in [3.63, 3.8) is 0 Å². The second-order valence-corrected chi connectivity index (χ2v) is 7.02. The molecule has 0 fully saturated rings. The topological polar surface area (TPSA) is 103 Å². The predicted octanol–water partition coefficient (Wildman–Crippen LogP) is 0.485. The smallest absolute Gasteiger partial charge is 0.208 e. The lowest BCUT2D eigenvalue weighted by Gasteiger charge is -2.18. The van der Waals surface area contributed by atoms with Crippen molar-refractivity contribution in [2.24, 2.45) is 4.99 Å². The van der Waals surface area contributed by atoms with E-state index in [0.717, 1.165) is 11.8 Å². The molecule has 0 saturated carbocycles. The molecule has 0 aliphatic carbocycles. The second kappa shape index (κ2) is 12.5. The summed E-state index contributed by atoms with van der Waals surface area (Å²) in [6, 6.07) is 9.79. The highest BCUT2D eigenvalue weighted by Gasteiger charge is 2.10. The zero-order chi connectivity index (χ0) is 17.1. The summed E-state index contributed by atoms with van der Waals surface area (Å²) in [6.07, 6.45) is 1.79. The molecule has 0 bridgehead atoms. The highest BCUT2D eigenvalue weighted by molar-refractivity contribution is 14.0. The second-order valence-electron chi connectivity index (χ2n) is 5.19. The van der Waals surface area contributed by atoms with Crippen molar-refractivity contribution in [1.82, 2.24) is 15.4 Å². The Morgan fingerprint density at radius 3 is 2.42 bits per heavy atom. The Hall–Kier alpha value is -0.910. The largest absolute Gasteiger partial charge is 0.396 e. The van der Waals surface area contributed by atoms with E-state index in [1.165, 1.54) is 0 Å². The molecule has 0 heterocycles. The summed E-state index contributed by atoms with van der Waals surface area (Å²) in [5.74, 6) is 0.611. The Balaban J connectivity index is 0.00000529. The summed E-state index contributed by atoms with van der Waals surface area (Å²) in [7, 11) is -1.47. The van der Waals surface area contributed by atoms with Gasteiger partial charge < -0.3 is 15.7 Å². The van der Waals surface area contributed by atoms with Crippen LogP contribution in [-0.4, -0.2) is 59.0 Å². The van der Waals surface area contributed by atoms with Crippen LogP contribution in [0.4, 0.5) is 0 Å². The van der Waals surface area contributed by atoms with Gasteiger partial charge in [0.2, 0.25) is 10.0 Å². The third-order valence-electron chi connectivity index (χ3n) is 3.24. The molecular weight excluding hydrogens is 443 g/mol. The molecule has 138 valence electrons. The zero-order valence-corrected chi connectivity index (χ0v) is 17.2. The summed E-state index contributed by atoms with van der Waals surface area (Å²) in [5, 5.41) is 15.8. The molecule has 1 aromatic rings. The van der Waals surface area contributed by atoms with Crippen LogP contribution in [-0.2, 0) is 10.0 Å². The highest BCUT2D eigenvalue weighted by atomic mass is 127. The Labute approximate surface area is 161 Å². The number of guanidine groups is 1. The lowest BCUT2D eigenvalue weighted by molar-refractivity contribution is 0.265. The van der Waals surface area contributed by atoms with Gasteiger partial charge in [-0.3, -0.25) is 4.99 Å². The van der Waals surface area contributed by atoms with E-state index in [1.54, 1.807) is 7.05 Å². The van der Waals surface area contributed by atoms with Crippen molar-refractivity contribution in [2.45, 2.75) is 12.3 Å². The molecule has 0 aliphatic heterocycles. The van der Waals surface area contributed by atoms with Crippen molar-refractivity contribution in [2.75, 3.05) is 39.5 Å². The molecule has 0 aromatic heterocycles. The molecule has 1 aromatic carbocycles. The van der Waals surface area contributed by atoms with Crippen molar-refractivity contribution < 1.29 is 13.5 Å². The summed E-state index contributed by atoms with van der Waals surface area (Å²) in [6.45, 7) is 1.58. The number of hydrogen-bond acceptors (Lipinski definition) is 4. The Morgan fingerprint density at radius 1 is 1.21 bits per heavy atom. The minimum atomic E-state index is -3.14. The van der Waals surface area contributed by atoms with Gasteiger partial charge in [-0.15, -0.1) is 24.0 Å². The van der Waals surface area contributed by atoms with E-state index >= 15 is 0 Å². The molecule has 1 rings (SSSR count). The molecule has 1 unspecified atom stereocenters. The van der Waals surface area contributed by atoms with E-state index < -0.39 is 10.0 Å². The maximum absolute atomic E-state index is 10.9. The van der Waals surface area contributed by atoms with Gasteiger partial charge in [0, 0.05) is 32.6 Å². The van der Waals surface area contributed by atoms with Gasteiger partial charge in [0.15, 0.2) is 5.96 Å². The number of aliphatic hydroxyl groups excluding tert-OH is 1. The van der Waals surface area contributed by atoms with E-state index in [0.29, 0.717) is 32.0 Å². The fourth-order valence-electron chi connectivity index (χ4n) is 2.01. The van der Waals surface area contributed by atoms with Gasteiger partial charge >= 0.3 is 0 Å². The first-order chi connectivity index (χ1) is 11.0. The fraction of sp³-hybridized carbons (Fsp3) is 0.533. The monoisotopic (exact) mass is 470 g/mol. The van der Waals surface area contributed by atoms with E-state index in [9.17, 15) is 13.5 Å². The van der Waals surface area contributed by atoms with Gasteiger partial charge in [0.25, 0.3) is 0 Å². The number of sulfonamides is 1. The molecule has 9 heteroatoms. The maximum Gasteiger partial charge on any atom is 0.208 e. The first kappa shape index (κ1) is 23.1. The lowest BCUT2D eigenvalue weighted by Crippen LogP contribution is -2.41. The average Bonchev–Trinajstić information content (AvgIpc) is 2.53. The number of benzene rings is 1.